The Balaban J connectivity index is 1.51. The summed E-state index contributed by atoms with van der Waals surface area (Å²) in [5.41, 5.74) is 5.07. The second kappa shape index (κ2) is 11.9. The Morgan fingerprint density at radius 1 is 0.818 bits per heavy atom. The van der Waals surface area contributed by atoms with E-state index in [1.807, 2.05) is 36.4 Å². The van der Waals surface area contributed by atoms with E-state index in [1.54, 1.807) is 7.11 Å². The number of ketones is 2. The van der Waals surface area contributed by atoms with Gasteiger partial charge in [0.2, 0.25) is 0 Å². The van der Waals surface area contributed by atoms with E-state index < -0.39 is 5.92 Å². The number of rotatable bonds is 6. The van der Waals surface area contributed by atoms with Crippen LogP contribution in [0, 0.1) is 10.8 Å². The van der Waals surface area contributed by atoms with Crippen LogP contribution in [0.4, 0.5) is 0 Å². The van der Waals surface area contributed by atoms with Crippen LogP contribution in [-0.2, 0) is 16.2 Å². The van der Waals surface area contributed by atoms with E-state index in [0.717, 1.165) is 59.4 Å². The van der Waals surface area contributed by atoms with Crippen molar-refractivity contribution >= 4 is 34.8 Å². The Bertz CT molecular complexity index is 1510. The third kappa shape index (κ3) is 5.83. The first-order chi connectivity index (χ1) is 20.9. The van der Waals surface area contributed by atoms with Crippen molar-refractivity contribution in [2.45, 2.75) is 104 Å². The van der Waals surface area contributed by atoms with Crippen LogP contribution in [0.25, 0.3) is 0 Å². The molecule has 0 spiro atoms. The van der Waals surface area contributed by atoms with Gasteiger partial charge in [-0.25, -0.2) is 0 Å². The molecule has 0 N–H and O–H groups in total. The number of Topliss-reactive ketones (excluding diaryl/α,β-unsaturated/α-hetero) is 2. The van der Waals surface area contributed by atoms with Gasteiger partial charge < -0.3 is 14.4 Å². The van der Waals surface area contributed by atoms with Gasteiger partial charge in [0, 0.05) is 57.9 Å². The highest BCUT2D eigenvalue weighted by Crippen LogP contribution is 2.56. The highest BCUT2D eigenvalue weighted by atomic mass is 35.5. The number of hydrogen-bond acceptors (Lipinski definition) is 5. The number of ether oxygens (including phenoxy) is 2. The zero-order valence-electron chi connectivity index (χ0n) is 26.5. The molecule has 4 aliphatic rings. The predicted octanol–water partition coefficient (Wildman–Crippen LogP) is 9.60. The molecule has 1 heterocycles. The average Bonchev–Trinajstić information content (AvgIpc) is 2.95. The van der Waals surface area contributed by atoms with E-state index in [1.165, 1.54) is 19.3 Å². The van der Waals surface area contributed by atoms with Crippen molar-refractivity contribution in [1.82, 2.24) is 4.90 Å². The summed E-state index contributed by atoms with van der Waals surface area (Å²) in [7, 11) is 1.58. The molecule has 2 aromatic rings. The summed E-state index contributed by atoms with van der Waals surface area (Å²) in [4.78, 5) is 31.0. The van der Waals surface area contributed by atoms with Crippen LogP contribution in [0.15, 0.2) is 58.9 Å². The van der Waals surface area contributed by atoms with Gasteiger partial charge in [-0.05, 0) is 60.3 Å². The van der Waals surface area contributed by atoms with Crippen molar-refractivity contribution in [3.63, 3.8) is 0 Å². The first-order valence-corrected chi connectivity index (χ1v) is 16.7. The maximum atomic E-state index is 14.2. The third-order valence-electron chi connectivity index (χ3n) is 9.81. The topological polar surface area (TPSA) is 55.8 Å². The van der Waals surface area contributed by atoms with Gasteiger partial charge in [-0.2, -0.15) is 0 Å². The zero-order valence-corrected chi connectivity index (χ0v) is 28.0. The quantitative estimate of drug-likeness (QED) is 0.316. The molecule has 0 amide bonds. The van der Waals surface area contributed by atoms with Crippen LogP contribution in [-0.4, -0.2) is 29.6 Å². The minimum atomic E-state index is -0.490. The van der Waals surface area contributed by atoms with Crippen molar-refractivity contribution < 1.29 is 19.1 Å². The Kier molecular flexibility index (Phi) is 8.43. The van der Waals surface area contributed by atoms with Crippen LogP contribution in [0.5, 0.6) is 11.5 Å². The zero-order chi connectivity index (χ0) is 31.4. The molecule has 0 radical (unpaired) electrons. The first-order valence-electron chi connectivity index (χ1n) is 15.9. The fraction of sp³-hybridized carbons (Fsp3) is 0.514. The Labute approximate surface area is 271 Å². The number of carbonyl (C=O) groups is 2. The Morgan fingerprint density at radius 2 is 1.41 bits per heavy atom. The van der Waals surface area contributed by atoms with E-state index in [4.69, 9.17) is 32.7 Å². The number of benzene rings is 2. The molecule has 2 aromatic carbocycles. The molecule has 1 saturated carbocycles. The summed E-state index contributed by atoms with van der Waals surface area (Å²) >= 11 is 13.3. The van der Waals surface area contributed by atoms with E-state index in [2.05, 4.69) is 32.6 Å². The van der Waals surface area contributed by atoms with Gasteiger partial charge in [-0.3, -0.25) is 9.59 Å². The fourth-order valence-corrected chi connectivity index (χ4v) is 8.39. The molecule has 234 valence electrons. The molecule has 0 aromatic heterocycles. The van der Waals surface area contributed by atoms with Gasteiger partial charge in [-0.1, -0.05) is 88.4 Å². The summed E-state index contributed by atoms with van der Waals surface area (Å²) in [6.45, 7) is 8.98. The standard InChI is InChI=1S/C37H43Cl2NO4/c1-36(2)17-27-33(29(41)19-36)32(34-28(18-37(3,4)20-30(34)42)40(27)24-12-7-6-8-13-24)23-15-26(39)35(31(16-23)43-5)44-21-22-11-9-10-14-25(22)38/h9-11,14-16,24,32H,6-8,12-13,17-21H2,1-5H3. The number of carbonyl (C=O) groups excluding carboxylic acids is 2. The first kappa shape index (κ1) is 31.2. The van der Waals surface area contributed by atoms with Gasteiger partial charge in [-0.15, -0.1) is 0 Å². The van der Waals surface area contributed by atoms with E-state index in [-0.39, 0.29) is 29.0 Å². The molecule has 6 rings (SSSR count). The smallest absolute Gasteiger partial charge is 0.180 e. The number of methoxy groups -OCH3 is 1. The minimum absolute atomic E-state index is 0.125. The van der Waals surface area contributed by atoms with Crippen molar-refractivity contribution in [2.75, 3.05) is 7.11 Å². The summed E-state index contributed by atoms with van der Waals surface area (Å²) in [6, 6.07) is 11.6. The van der Waals surface area contributed by atoms with Gasteiger partial charge >= 0.3 is 0 Å². The highest BCUT2D eigenvalue weighted by Gasteiger charge is 2.50. The molecule has 0 atom stereocenters. The molecule has 0 bridgehead atoms. The molecule has 3 aliphatic carbocycles. The lowest BCUT2D eigenvalue weighted by Crippen LogP contribution is -2.48. The summed E-state index contributed by atoms with van der Waals surface area (Å²) in [5.74, 6) is 0.635. The van der Waals surface area contributed by atoms with E-state index in [0.29, 0.717) is 40.4 Å². The lowest BCUT2D eigenvalue weighted by atomic mass is 9.63. The Morgan fingerprint density at radius 3 is 1.98 bits per heavy atom. The molecule has 44 heavy (non-hydrogen) atoms. The largest absolute Gasteiger partial charge is 0.493 e. The van der Waals surface area contributed by atoms with Gasteiger partial charge in [0.25, 0.3) is 0 Å². The lowest BCUT2D eigenvalue weighted by molar-refractivity contribution is -0.119. The second-order valence-electron chi connectivity index (χ2n) is 14.6. The maximum absolute atomic E-state index is 14.2. The average molecular weight is 637 g/mol. The van der Waals surface area contributed by atoms with Crippen LogP contribution in [0.3, 0.4) is 0 Å². The molecule has 1 aliphatic heterocycles. The molecule has 1 fully saturated rings. The lowest BCUT2D eigenvalue weighted by Gasteiger charge is -2.52. The molecular formula is C37H43Cl2NO4. The number of halogens is 2. The molecule has 7 heteroatoms. The normalized spacial score (nSPS) is 22.2. The molecule has 5 nitrogen and oxygen atoms in total. The van der Waals surface area contributed by atoms with Gasteiger partial charge in [0.05, 0.1) is 12.1 Å². The van der Waals surface area contributed by atoms with Crippen molar-refractivity contribution in [3.05, 3.63) is 80.1 Å². The monoisotopic (exact) mass is 635 g/mol. The molecule has 0 unspecified atom stereocenters. The fourth-order valence-electron chi connectivity index (χ4n) is 7.92. The summed E-state index contributed by atoms with van der Waals surface area (Å²) in [5, 5.41) is 0.984. The third-order valence-corrected chi connectivity index (χ3v) is 10.5. The predicted molar refractivity (Wildman–Crippen MR) is 175 cm³/mol. The maximum Gasteiger partial charge on any atom is 0.180 e. The second-order valence-corrected chi connectivity index (χ2v) is 15.4. The molecular weight excluding hydrogens is 593 g/mol. The summed E-state index contributed by atoms with van der Waals surface area (Å²) in [6.07, 6.45) is 8.26. The number of allylic oxidation sites excluding steroid dienone is 4. The van der Waals surface area contributed by atoms with Crippen molar-refractivity contribution in [3.8, 4) is 11.5 Å². The SMILES string of the molecule is COc1cc(C2C3=C(CC(C)(C)CC3=O)N(C3CCCCC3)C3=C2C(=O)CC(C)(C)C3)cc(Cl)c1OCc1ccccc1Cl. The van der Waals surface area contributed by atoms with Crippen molar-refractivity contribution in [2.24, 2.45) is 10.8 Å². The Hall–Kier alpha value is -2.76. The summed E-state index contributed by atoms with van der Waals surface area (Å²) < 4.78 is 12.0. The number of hydrogen-bond donors (Lipinski definition) is 0. The van der Waals surface area contributed by atoms with Gasteiger partial charge in [0.15, 0.2) is 23.1 Å². The van der Waals surface area contributed by atoms with Crippen LogP contribution in [0.1, 0.15) is 103 Å². The van der Waals surface area contributed by atoms with Gasteiger partial charge in [0.1, 0.15) is 6.61 Å². The van der Waals surface area contributed by atoms with Crippen LogP contribution < -0.4 is 9.47 Å². The minimum Gasteiger partial charge on any atom is -0.493 e. The highest BCUT2D eigenvalue weighted by molar-refractivity contribution is 6.32. The van der Waals surface area contributed by atoms with Crippen LogP contribution in [0.2, 0.25) is 10.0 Å². The van der Waals surface area contributed by atoms with Crippen LogP contribution >= 0.6 is 23.2 Å². The van der Waals surface area contributed by atoms with E-state index >= 15 is 0 Å². The van der Waals surface area contributed by atoms with Crippen molar-refractivity contribution in [1.29, 1.82) is 0 Å². The number of nitrogens with zero attached hydrogens (tertiary/aromatic N) is 1. The van der Waals surface area contributed by atoms with E-state index in [9.17, 15) is 9.59 Å². The molecule has 0 saturated heterocycles.